The van der Waals surface area contributed by atoms with Crippen molar-refractivity contribution >= 4 is 17.9 Å². The fourth-order valence-electron chi connectivity index (χ4n) is 7.21. The van der Waals surface area contributed by atoms with E-state index in [9.17, 15) is 14.4 Å². The minimum Gasteiger partial charge on any atom is -0.462 e. The Bertz CT molecular complexity index is 1270. The third kappa shape index (κ3) is 51.4. The van der Waals surface area contributed by atoms with Crippen LogP contribution in [0, 0.1) is 0 Å². The molecule has 0 aliphatic carbocycles. The lowest BCUT2D eigenvalue weighted by atomic mass is 10.1. The van der Waals surface area contributed by atoms with E-state index in [1.54, 1.807) is 0 Å². The number of rotatable bonds is 48. The van der Waals surface area contributed by atoms with Crippen LogP contribution in [-0.4, -0.2) is 37.2 Å². The number of carbonyl (C=O) groups is 3. The zero-order valence-electron chi connectivity index (χ0n) is 42.5. The van der Waals surface area contributed by atoms with Crippen LogP contribution < -0.4 is 0 Å². The summed E-state index contributed by atoms with van der Waals surface area (Å²) in [4.78, 5) is 38.0. The number of allylic oxidation sites excluding steroid dienone is 14. The molecule has 0 aliphatic heterocycles. The highest BCUT2D eigenvalue weighted by molar-refractivity contribution is 5.71. The van der Waals surface area contributed by atoms with Crippen molar-refractivity contribution in [3.63, 3.8) is 0 Å². The molecule has 0 fully saturated rings. The van der Waals surface area contributed by atoms with E-state index in [-0.39, 0.29) is 37.5 Å². The van der Waals surface area contributed by atoms with E-state index in [0.29, 0.717) is 12.8 Å². The molecule has 0 N–H and O–H groups in total. The van der Waals surface area contributed by atoms with Crippen molar-refractivity contribution in [3.8, 4) is 0 Å². The SMILES string of the molecule is CCCCC/C=C\C/C=C\C/C=C\C/C=C\CCCCCC(=O)O[C@H](COC(=O)CCCCCCC/C=C\C/C=C\CCCCC)COC(=O)CCCCCCC/C=C\CCCCCC. The molecule has 0 unspecified atom stereocenters. The van der Waals surface area contributed by atoms with Crippen molar-refractivity contribution in [1.82, 2.24) is 0 Å². The van der Waals surface area contributed by atoms with E-state index in [4.69, 9.17) is 14.2 Å². The van der Waals surface area contributed by atoms with Crippen LogP contribution in [-0.2, 0) is 28.6 Å². The van der Waals surface area contributed by atoms with Crippen LogP contribution in [0.4, 0.5) is 0 Å². The van der Waals surface area contributed by atoms with Crippen LogP contribution in [0.3, 0.4) is 0 Å². The summed E-state index contributed by atoms with van der Waals surface area (Å²) in [6.07, 6.45) is 68.5. The van der Waals surface area contributed by atoms with Crippen LogP contribution in [0.2, 0.25) is 0 Å². The van der Waals surface area contributed by atoms with Crippen molar-refractivity contribution in [1.29, 1.82) is 0 Å². The lowest BCUT2D eigenvalue weighted by Gasteiger charge is -2.18. The van der Waals surface area contributed by atoms with Gasteiger partial charge in [-0.25, -0.2) is 0 Å². The Labute approximate surface area is 401 Å². The van der Waals surface area contributed by atoms with Gasteiger partial charge < -0.3 is 14.2 Å². The van der Waals surface area contributed by atoms with Gasteiger partial charge in [0.05, 0.1) is 0 Å². The molecule has 0 spiro atoms. The Hall–Kier alpha value is -3.41. The lowest BCUT2D eigenvalue weighted by Crippen LogP contribution is -2.30. The van der Waals surface area contributed by atoms with Crippen LogP contribution in [0.5, 0.6) is 0 Å². The lowest BCUT2D eigenvalue weighted by molar-refractivity contribution is -0.167. The first kappa shape index (κ1) is 61.6. The predicted molar refractivity (Wildman–Crippen MR) is 279 cm³/mol. The summed E-state index contributed by atoms with van der Waals surface area (Å²) in [5, 5.41) is 0. The van der Waals surface area contributed by atoms with Crippen LogP contribution in [0.15, 0.2) is 85.1 Å². The third-order valence-electron chi connectivity index (χ3n) is 11.3. The van der Waals surface area contributed by atoms with Crippen LogP contribution in [0.1, 0.15) is 252 Å². The molecule has 6 nitrogen and oxygen atoms in total. The van der Waals surface area contributed by atoms with E-state index in [2.05, 4.69) is 106 Å². The zero-order chi connectivity index (χ0) is 47.2. The average Bonchev–Trinajstić information content (AvgIpc) is 3.30. The minimum atomic E-state index is -0.802. The molecule has 0 amide bonds. The second-order valence-corrected chi connectivity index (χ2v) is 17.8. The Morgan fingerprint density at radius 2 is 0.554 bits per heavy atom. The average molecular weight is 905 g/mol. The summed E-state index contributed by atoms with van der Waals surface area (Å²) in [6.45, 7) is 6.52. The molecule has 0 aromatic heterocycles. The van der Waals surface area contributed by atoms with Crippen molar-refractivity contribution in [3.05, 3.63) is 85.1 Å². The molecule has 0 aromatic carbocycles. The highest BCUT2D eigenvalue weighted by Crippen LogP contribution is 2.13. The van der Waals surface area contributed by atoms with Gasteiger partial charge in [-0.1, -0.05) is 196 Å². The fraction of sp³-hybridized carbons (Fsp3) is 0.712. The Kier molecular flexibility index (Phi) is 50.4. The number of unbranched alkanes of at least 4 members (excludes halogenated alkanes) is 23. The molecule has 6 heteroatoms. The molecule has 0 radical (unpaired) electrons. The van der Waals surface area contributed by atoms with Crippen molar-refractivity contribution in [2.24, 2.45) is 0 Å². The largest absolute Gasteiger partial charge is 0.462 e. The van der Waals surface area contributed by atoms with Gasteiger partial charge in [0.2, 0.25) is 0 Å². The van der Waals surface area contributed by atoms with E-state index >= 15 is 0 Å². The quantitative estimate of drug-likeness (QED) is 0.0262. The molecular weight excluding hydrogens is 805 g/mol. The first-order valence-electron chi connectivity index (χ1n) is 27.1. The van der Waals surface area contributed by atoms with E-state index < -0.39 is 6.10 Å². The van der Waals surface area contributed by atoms with Gasteiger partial charge >= 0.3 is 17.9 Å². The maximum atomic E-state index is 12.8. The first-order valence-corrected chi connectivity index (χ1v) is 27.1. The predicted octanol–water partition coefficient (Wildman–Crippen LogP) is 18.0. The van der Waals surface area contributed by atoms with Crippen molar-refractivity contribution in [2.75, 3.05) is 13.2 Å². The van der Waals surface area contributed by atoms with Gasteiger partial charge in [0, 0.05) is 19.3 Å². The number of hydrogen-bond acceptors (Lipinski definition) is 6. The zero-order valence-corrected chi connectivity index (χ0v) is 42.5. The third-order valence-corrected chi connectivity index (χ3v) is 11.3. The van der Waals surface area contributed by atoms with Crippen LogP contribution in [0.25, 0.3) is 0 Å². The smallest absolute Gasteiger partial charge is 0.306 e. The molecule has 0 aromatic rings. The molecule has 0 rings (SSSR count). The molecule has 0 aliphatic rings. The van der Waals surface area contributed by atoms with Gasteiger partial charge in [-0.15, -0.1) is 0 Å². The summed E-state index contributed by atoms with van der Waals surface area (Å²) in [6, 6.07) is 0. The minimum absolute atomic E-state index is 0.0988. The summed E-state index contributed by atoms with van der Waals surface area (Å²) < 4.78 is 16.8. The molecule has 0 saturated carbocycles. The molecule has 0 heterocycles. The molecule has 65 heavy (non-hydrogen) atoms. The topological polar surface area (TPSA) is 78.9 Å². The Morgan fingerprint density at radius 1 is 0.308 bits per heavy atom. The van der Waals surface area contributed by atoms with Crippen molar-refractivity contribution in [2.45, 2.75) is 258 Å². The van der Waals surface area contributed by atoms with Gasteiger partial charge in [-0.2, -0.15) is 0 Å². The molecule has 0 bridgehead atoms. The maximum Gasteiger partial charge on any atom is 0.306 e. The highest BCUT2D eigenvalue weighted by Gasteiger charge is 2.19. The summed E-state index contributed by atoms with van der Waals surface area (Å²) in [5.74, 6) is -0.951. The Balaban J connectivity index is 4.49. The number of esters is 3. The fourth-order valence-corrected chi connectivity index (χ4v) is 7.21. The second kappa shape index (κ2) is 53.2. The summed E-state index contributed by atoms with van der Waals surface area (Å²) in [5.41, 5.74) is 0. The van der Waals surface area contributed by atoms with Gasteiger partial charge in [0.1, 0.15) is 13.2 Å². The van der Waals surface area contributed by atoms with Gasteiger partial charge in [-0.3, -0.25) is 14.4 Å². The van der Waals surface area contributed by atoms with Gasteiger partial charge in [0.15, 0.2) is 6.10 Å². The van der Waals surface area contributed by atoms with E-state index in [1.165, 1.54) is 96.3 Å². The highest BCUT2D eigenvalue weighted by atomic mass is 16.6. The molecule has 0 saturated heterocycles. The second-order valence-electron chi connectivity index (χ2n) is 17.8. The number of hydrogen-bond donors (Lipinski definition) is 0. The standard InChI is InChI=1S/C59H100O6/c1-4-7-10-13-16-19-22-25-27-28-29-30-32-35-38-41-44-47-50-53-59(62)65-56(54-63-57(60)51-48-45-42-39-36-33-24-21-18-15-12-9-6-3)55-64-58(61)52-49-46-43-40-37-34-31-26-23-20-17-14-11-8-5-2/h16-17,19-21,24-27,29-31,35,38,56H,4-15,18,22-23,28,32-34,36-37,39-55H2,1-3H3/b19-16-,20-17-,24-21-,27-25-,30-29-,31-26-,38-35-/t56-/m0/s1. The summed E-state index contributed by atoms with van der Waals surface area (Å²) >= 11 is 0. The Morgan fingerprint density at radius 3 is 0.923 bits per heavy atom. The number of ether oxygens (including phenoxy) is 3. The molecule has 372 valence electrons. The molecular formula is C59H100O6. The normalized spacial score (nSPS) is 12.7. The van der Waals surface area contributed by atoms with Gasteiger partial charge in [0.25, 0.3) is 0 Å². The van der Waals surface area contributed by atoms with Crippen LogP contribution >= 0.6 is 0 Å². The first-order chi connectivity index (χ1) is 32.0. The maximum absolute atomic E-state index is 12.8. The van der Waals surface area contributed by atoms with Gasteiger partial charge in [-0.05, 0) is 122 Å². The number of carbonyl (C=O) groups excluding carboxylic acids is 3. The molecule has 1 atom stereocenters. The van der Waals surface area contributed by atoms with Crippen molar-refractivity contribution < 1.29 is 28.6 Å². The summed E-state index contributed by atoms with van der Waals surface area (Å²) in [7, 11) is 0. The van der Waals surface area contributed by atoms with E-state index in [1.807, 2.05) is 0 Å². The van der Waals surface area contributed by atoms with E-state index in [0.717, 1.165) is 116 Å². The monoisotopic (exact) mass is 905 g/mol.